The molecule has 0 bridgehead atoms. The Morgan fingerprint density at radius 1 is 0.952 bits per heavy atom. The molecule has 4 rings (SSSR count). The molecule has 1 saturated heterocycles. The van der Waals surface area contributed by atoms with Crippen molar-refractivity contribution in [2.24, 2.45) is 11.5 Å². The number of rotatable bonds is 11. The molecule has 10 heteroatoms. The number of amides is 3. The average Bonchev–Trinajstić information content (AvgIpc) is 3.05. The molecule has 1 aliphatic heterocycles. The van der Waals surface area contributed by atoms with Crippen molar-refractivity contribution in [1.29, 1.82) is 0 Å². The number of carbonyl (C=O) groups excluding carboxylic acids is 3. The van der Waals surface area contributed by atoms with Crippen molar-refractivity contribution in [3.63, 3.8) is 0 Å². The molecule has 2 atom stereocenters. The Labute approximate surface area is 246 Å². The van der Waals surface area contributed by atoms with Crippen LogP contribution in [0.5, 0.6) is 5.75 Å². The van der Waals surface area contributed by atoms with Crippen LogP contribution in [0.4, 0.5) is 4.79 Å². The lowest BCUT2D eigenvalue weighted by Crippen LogP contribution is -2.63. The number of nitrogens with zero attached hydrogens (tertiary/aromatic N) is 2. The molecule has 5 N–H and O–H groups in total. The van der Waals surface area contributed by atoms with Crippen molar-refractivity contribution in [2.45, 2.75) is 44.6 Å². The molecule has 0 aliphatic carbocycles. The van der Waals surface area contributed by atoms with Gasteiger partial charge in [-0.05, 0) is 35.6 Å². The zero-order valence-electron chi connectivity index (χ0n) is 23.9. The van der Waals surface area contributed by atoms with Gasteiger partial charge < -0.3 is 36.1 Å². The van der Waals surface area contributed by atoms with E-state index in [0.717, 1.165) is 22.3 Å². The highest BCUT2D eigenvalue weighted by Gasteiger charge is 2.39. The highest BCUT2D eigenvalue weighted by atomic mass is 16.6. The Balaban J connectivity index is 1.44. The summed E-state index contributed by atoms with van der Waals surface area (Å²) in [6.45, 7) is 1.03. The van der Waals surface area contributed by atoms with Crippen LogP contribution in [0.25, 0.3) is 0 Å². The highest BCUT2D eigenvalue weighted by Crippen LogP contribution is 2.20. The minimum atomic E-state index is -0.927. The van der Waals surface area contributed by atoms with E-state index < -0.39 is 18.2 Å². The maximum Gasteiger partial charge on any atom is 0.410 e. The van der Waals surface area contributed by atoms with E-state index in [-0.39, 0.29) is 44.6 Å². The summed E-state index contributed by atoms with van der Waals surface area (Å²) < 4.78 is 10.9. The van der Waals surface area contributed by atoms with Crippen molar-refractivity contribution >= 4 is 17.9 Å². The topological polar surface area (TPSA) is 140 Å². The second kappa shape index (κ2) is 15.0. The number of piperazine rings is 1. The standard InChI is InChI=1S/C32H39N5O5/c1-41-29-18-25(12-14-26(29)19-33)20-35-30(38)28-21-36(32(40)42-22-24-10-6-3-7-11-24)16-17-37(28)31(39)27(34)15-13-23-8-4-2-5-9-23/h2-12,14,18,27-28H,13,15-17,19-22,33-34H2,1H3,(H,35,38)/t27-,28+/m1/s1. The molecule has 10 nitrogen and oxygen atoms in total. The molecule has 3 aromatic carbocycles. The summed E-state index contributed by atoms with van der Waals surface area (Å²) in [7, 11) is 1.56. The first-order valence-electron chi connectivity index (χ1n) is 14.1. The van der Waals surface area contributed by atoms with E-state index in [1.165, 1.54) is 9.80 Å². The Bertz CT molecular complexity index is 1340. The second-order valence-corrected chi connectivity index (χ2v) is 10.2. The molecule has 0 spiro atoms. The normalized spacial score (nSPS) is 15.5. The summed E-state index contributed by atoms with van der Waals surface area (Å²) in [5, 5.41) is 2.92. The summed E-state index contributed by atoms with van der Waals surface area (Å²) in [4.78, 5) is 42.9. The third-order valence-electron chi connectivity index (χ3n) is 7.37. The van der Waals surface area contributed by atoms with Crippen LogP contribution in [-0.2, 0) is 40.4 Å². The lowest BCUT2D eigenvalue weighted by Gasteiger charge is -2.41. The van der Waals surface area contributed by atoms with Crippen LogP contribution in [0.15, 0.2) is 78.9 Å². The molecule has 0 unspecified atom stereocenters. The number of methoxy groups -OCH3 is 1. The Morgan fingerprint density at radius 2 is 1.64 bits per heavy atom. The van der Waals surface area contributed by atoms with Gasteiger partial charge in [0.25, 0.3) is 0 Å². The van der Waals surface area contributed by atoms with E-state index in [9.17, 15) is 14.4 Å². The summed E-state index contributed by atoms with van der Waals surface area (Å²) in [5.74, 6) is -0.0752. The summed E-state index contributed by atoms with van der Waals surface area (Å²) in [5.41, 5.74) is 15.7. The fourth-order valence-electron chi connectivity index (χ4n) is 4.93. The average molecular weight is 574 g/mol. The molecular formula is C32H39N5O5. The third kappa shape index (κ3) is 8.08. The van der Waals surface area contributed by atoms with E-state index >= 15 is 0 Å². The van der Waals surface area contributed by atoms with Crippen molar-refractivity contribution in [3.05, 3.63) is 101 Å². The zero-order valence-corrected chi connectivity index (χ0v) is 23.9. The predicted octanol–water partition coefficient (Wildman–Crippen LogP) is 2.58. The number of carbonyl (C=O) groups is 3. The molecular weight excluding hydrogens is 534 g/mol. The van der Waals surface area contributed by atoms with Gasteiger partial charge in [0.15, 0.2) is 0 Å². The molecule has 3 aromatic rings. The van der Waals surface area contributed by atoms with E-state index in [4.69, 9.17) is 20.9 Å². The van der Waals surface area contributed by atoms with Gasteiger partial charge >= 0.3 is 6.09 Å². The first-order chi connectivity index (χ1) is 20.4. The van der Waals surface area contributed by atoms with Gasteiger partial charge in [0.2, 0.25) is 11.8 Å². The fraction of sp³-hybridized carbons (Fsp3) is 0.344. The van der Waals surface area contributed by atoms with Gasteiger partial charge in [-0.3, -0.25) is 9.59 Å². The SMILES string of the molecule is COc1cc(CNC(=O)[C@@H]2CN(C(=O)OCc3ccccc3)CCN2C(=O)[C@H](N)CCc2ccccc2)ccc1CN. The van der Waals surface area contributed by atoms with Crippen LogP contribution in [-0.4, -0.2) is 66.5 Å². The molecule has 0 saturated carbocycles. The zero-order chi connectivity index (χ0) is 29.9. The van der Waals surface area contributed by atoms with Crippen LogP contribution >= 0.6 is 0 Å². The van der Waals surface area contributed by atoms with Crippen LogP contribution in [0, 0.1) is 0 Å². The Hall–Kier alpha value is -4.41. The number of benzene rings is 3. The van der Waals surface area contributed by atoms with Crippen molar-refractivity contribution in [1.82, 2.24) is 15.1 Å². The maximum atomic E-state index is 13.5. The largest absolute Gasteiger partial charge is 0.496 e. The van der Waals surface area contributed by atoms with Crippen LogP contribution in [0.3, 0.4) is 0 Å². The van der Waals surface area contributed by atoms with E-state index in [1.54, 1.807) is 7.11 Å². The van der Waals surface area contributed by atoms with Crippen molar-refractivity contribution < 1.29 is 23.9 Å². The quantitative estimate of drug-likeness (QED) is 0.320. The lowest BCUT2D eigenvalue weighted by molar-refractivity contribution is -0.144. The number of hydrogen-bond acceptors (Lipinski definition) is 7. The van der Waals surface area contributed by atoms with Crippen LogP contribution in [0.2, 0.25) is 0 Å². The number of hydrogen-bond donors (Lipinski definition) is 3. The molecule has 222 valence electrons. The summed E-state index contributed by atoms with van der Waals surface area (Å²) >= 11 is 0. The maximum absolute atomic E-state index is 13.5. The lowest BCUT2D eigenvalue weighted by atomic mass is 10.0. The number of ether oxygens (including phenoxy) is 2. The molecule has 3 amide bonds. The minimum Gasteiger partial charge on any atom is -0.496 e. The molecule has 0 aromatic heterocycles. The summed E-state index contributed by atoms with van der Waals surface area (Å²) in [6, 6.07) is 23.0. The Morgan fingerprint density at radius 3 is 2.31 bits per heavy atom. The third-order valence-corrected chi connectivity index (χ3v) is 7.37. The van der Waals surface area contributed by atoms with Gasteiger partial charge in [-0.25, -0.2) is 4.79 Å². The fourth-order valence-corrected chi connectivity index (χ4v) is 4.93. The molecule has 0 radical (unpaired) electrons. The molecule has 1 aliphatic rings. The van der Waals surface area contributed by atoms with Gasteiger partial charge in [0.1, 0.15) is 18.4 Å². The van der Waals surface area contributed by atoms with E-state index in [2.05, 4.69) is 5.32 Å². The van der Waals surface area contributed by atoms with Crippen LogP contribution < -0.4 is 21.5 Å². The van der Waals surface area contributed by atoms with E-state index in [0.29, 0.717) is 25.1 Å². The van der Waals surface area contributed by atoms with Gasteiger partial charge in [0.05, 0.1) is 19.7 Å². The minimum absolute atomic E-state index is 0.00790. The number of nitrogens with one attached hydrogen (secondary N) is 1. The van der Waals surface area contributed by atoms with Gasteiger partial charge in [-0.15, -0.1) is 0 Å². The monoisotopic (exact) mass is 573 g/mol. The summed E-state index contributed by atoms with van der Waals surface area (Å²) in [6.07, 6.45) is 0.528. The highest BCUT2D eigenvalue weighted by molar-refractivity contribution is 5.90. The van der Waals surface area contributed by atoms with Gasteiger partial charge in [0, 0.05) is 31.7 Å². The second-order valence-electron chi connectivity index (χ2n) is 10.2. The molecule has 1 heterocycles. The van der Waals surface area contributed by atoms with Crippen molar-refractivity contribution in [2.75, 3.05) is 26.7 Å². The Kier molecular flexibility index (Phi) is 10.9. The van der Waals surface area contributed by atoms with Crippen LogP contribution in [0.1, 0.15) is 28.7 Å². The predicted molar refractivity (Wildman–Crippen MR) is 159 cm³/mol. The first kappa shape index (κ1) is 30.5. The van der Waals surface area contributed by atoms with Crippen molar-refractivity contribution in [3.8, 4) is 5.75 Å². The number of aryl methyl sites for hydroxylation is 1. The molecule has 1 fully saturated rings. The first-order valence-corrected chi connectivity index (χ1v) is 14.1. The smallest absolute Gasteiger partial charge is 0.410 e. The van der Waals surface area contributed by atoms with Gasteiger partial charge in [-0.1, -0.05) is 72.8 Å². The van der Waals surface area contributed by atoms with Gasteiger partial charge in [-0.2, -0.15) is 0 Å². The number of nitrogens with two attached hydrogens (primary N) is 2. The van der Waals surface area contributed by atoms with E-state index in [1.807, 2.05) is 78.9 Å². The molecule has 42 heavy (non-hydrogen) atoms.